The highest BCUT2D eigenvalue weighted by Gasteiger charge is 2.29. The summed E-state index contributed by atoms with van der Waals surface area (Å²) in [5.74, 6) is 0. The Labute approximate surface area is 127 Å². The smallest absolute Gasteiger partial charge is 0.408 e. The largest absolute Gasteiger partial charge is 0.591 e. The summed E-state index contributed by atoms with van der Waals surface area (Å²) in [6.07, 6.45) is -1.84. The van der Waals surface area contributed by atoms with Crippen LogP contribution in [-0.4, -0.2) is 41.7 Å². The summed E-state index contributed by atoms with van der Waals surface area (Å²) in [6.45, 7) is 4.10. The van der Waals surface area contributed by atoms with Crippen LogP contribution in [0.1, 0.15) is 26.5 Å². The molecule has 0 aromatic carbocycles. The van der Waals surface area contributed by atoms with Crippen molar-refractivity contribution in [1.82, 2.24) is 20.0 Å². The third-order valence-corrected chi connectivity index (χ3v) is 3.90. The third-order valence-electron chi connectivity index (χ3n) is 2.56. The summed E-state index contributed by atoms with van der Waals surface area (Å²) in [6, 6.07) is 1.44. The Morgan fingerprint density at radius 2 is 2.05 bits per heavy atom. The first-order valence-corrected chi connectivity index (χ1v) is 7.39. The van der Waals surface area contributed by atoms with E-state index in [-0.39, 0.29) is 11.0 Å². The van der Waals surface area contributed by atoms with Gasteiger partial charge in [-0.1, -0.05) is 9.61 Å². The van der Waals surface area contributed by atoms with Crippen LogP contribution in [0.25, 0.3) is 11.0 Å². The van der Waals surface area contributed by atoms with E-state index < -0.39 is 28.8 Å². The van der Waals surface area contributed by atoms with Crippen molar-refractivity contribution in [3.63, 3.8) is 0 Å². The lowest BCUT2D eigenvalue weighted by Gasteiger charge is -2.17. The van der Waals surface area contributed by atoms with Crippen LogP contribution in [0.4, 0.5) is 13.2 Å². The van der Waals surface area contributed by atoms with Crippen LogP contribution in [-0.2, 0) is 17.9 Å². The molecule has 120 valence electrons. The highest BCUT2D eigenvalue weighted by molar-refractivity contribution is 7.91. The van der Waals surface area contributed by atoms with Crippen molar-refractivity contribution in [2.75, 3.05) is 0 Å². The molecule has 0 N–H and O–H groups in total. The van der Waals surface area contributed by atoms with E-state index in [4.69, 9.17) is 0 Å². The molecule has 0 saturated heterocycles. The monoisotopic (exact) mass is 333 g/mol. The average Bonchev–Trinajstić information content (AvgIpc) is 2.75. The van der Waals surface area contributed by atoms with Crippen LogP contribution in [0, 0.1) is 0 Å². The molecule has 0 spiro atoms. The number of hydrogen-bond donors (Lipinski definition) is 0. The number of alkyl halides is 3. The summed E-state index contributed by atoms with van der Waals surface area (Å²) in [4.78, 5) is 3.97. The quantitative estimate of drug-likeness (QED) is 0.637. The first kappa shape index (κ1) is 16.7. The Bertz CT molecular complexity index is 692. The molecule has 0 aliphatic carbocycles. The molecule has 1 atom stereocenters. The van der Waals surface area contributed by atoms with E-state index in [0.717, 1.165) is 4.68 Å². The minimum Gasteiger partial charge on any atom is -0.591 e. The number of nitrogens with zero attached hydrogens (tertiary/aromatic N) is 5. The number of fused-ring (bicyclic) bond motifs is 1. The highest BCUT2D eigenvalue weighted by Crippen LogP contribution is 2.20. The zero-order valence-corrected chi connectivity index (χ0v) is 12.9. The second kappa shape index (κ2) is 5.84. The number of hydrogen-bond acceptors (Lipinski definition) is 5. The summed E-state index contributed by atoms with van der Waals surface area (Å²) in [5, 5.41) is 7.13. The fourth-order valence-electron chi connectivity index (χ4n) is 1.50. The summed E-state index contributed by atoms with van der Waals surface area (Å²) < 4.78 is 53.1. The van der Waals surface area contributed by atoms with Crippen LogP contribution in [0.15, 0.2) is 16.7 Å². The van der Waals surface area contributed by atoms with Crippen LogP contribution < -0.4 is 0 Å². The van der Waals surface area contributed by atoms with Crippen LogP contribution >= 0.6 is 0 Å². The van der Waals surface area contributed by atoms with Gasteiger partial charge in [-0.2, -0.15) is 13.2 Å². The van der Waals surface area contributed by atoms with Crippen LogP contribution in [0.3, 0.4) is 0 Å². The van der Waals surface area contributed by atoms with Gasteiger partial charge < -0.3 is 4.55 Å². The summed E-state index contributed by atoms with van der Waals surface area (Å²) >= 11 is -1.44. The number of rotatable bonds is 3. The molecular weight excluding hydrogens is 319 g/mol. The molecule has 2 aromatic heterocycles. The molecule has 0 radical (unpaired) electrons. The molecule has 0 amide bonds. The summed E-state index contributed by atoms with van der Waals surface area (Å²) in [7, 11) is 0. The van der Waals surface area contributed by atoms with Gasteiger partial charge in [0.05, 0.1) is 11.9 Å². The number of halogens is 3. The molecular formula is C12H14F3N5OS. The molecule has 0 aliphatic rings. The molecule has 2 heterocycles. The fourth-order valence-corrected chi connectivity index (χ4v) is 2.02. The third kappa shape index (κ3) is 4.17. The lowest BCUT2D eigenvalue weighted by atomic mass is 10.3. The van der Waals surface area contributed by atoms with Gasteiger partial charge in [0, 0.05) is 0 Å². The Hall–Kier alpha value is -1.68. The average molecular weight is 333 g/mol. The van der Waals surface area contributed by atoms with E-state index in [1.54, 1.807) is 20.8 Å². The molecule has 22 heavy (non-hydrogen) atoms. The topological polar surface area (TPSA) is 79.0 Å². The molecule has 10 heteroatoms. The van der Waals surface area contributed by atoms with Crippen LogP contribution in [0.5, 0.6) is 0 Å². The van der Waals surface area contributed by atoms with E-state index in [1.807, 2.05) is 0 Å². The minimum absolute atomic E-state index is 0.173. The lowest BCUT2D eigenvalue weighted by Crippen LogP contribution is -2.25. The van der Waals surface area contributed by atoms with Gasteiger partial charge >= 0.3 is 6.18 Å². The van der Waals surface area contributed by atoms with Gasteiger partial charge in [-0.05, 0) is 26.8 Å². The maximum atomic E-state index is 12.4. The van der Waals surface area contributed by atoms with Crippen molar-refractivity contribution in [2.45, 2.75) is 38.2 Å². The van der Waals surface area contributed by atoms with Crippen molar-refractivity contribution in [3.05, 3.63) is 18.0 Å². The van der Waals surface area contributed by atoms with Crippen molar-refractivity contribution >= 4 is 28.6 Å². The summed E-state index contributed by atoms with van der Waals surface area (Å²) in [5.41, 5.74) is 0.790. The zero-order chi connectivity index (χ0) is 16.5. The fraction of sp³-hybridized carbons (Fsp3) is 0.500. The Morgan fingerprint density at radius 1 is 1.36 bits per heavy atom. The van der Waals surface area contributed by atoms with Crippen molar-refractivity contribution in [1.29, 1.82) is 0 Å². The van der Waals surface area contributed by atoms with E-state index >= 15 is 0 Å². The molecule has 0 aliphatic heterocycles. The molecule has 0 saturated carbocycles. The van der Waals surface area contributed by atoms with Gasteiger partial charge in [0.25, 0.3) is 0 Å². The van der Waals surface area contributed by atoms with E-state index in [9.17, 15) is 17.7 Å². The van der Waals surface area contributed by atoms with Crippen molar-refractivity contribution in [2.24, 2.45) is 4.40 Å². The first-order valence-electron chi connectivity index (χ1n) is 6.28. The van der Waals surface area contributed by atoms with Gasteiger partial charge in [0.1, 0.15) is 39.9 Å². The number of aromatic nitrogens is 4. The predicted molar refractivity (Wildman–Crippen MR) is 76.9 cm³/mol. The Kier molecular flexibility index (Phi) is 4.43. The number of pyridine rings is 1. The maximum absolute atomic E-state index is 12.4. The van der Waals surface area contributed by atoms with Crippen LogP contribution in [0.2, 0.25) is 0 Å². The van der Waals surface area contributed by atoms with Crippen molar-refractivity contribution < 1.29 is 17.7 Å². The molecule has 2 rings (SSSR count). The Morgan fingerprint density at radius 3 is 2.64 bits per heavy atom. The molecule has 0 bridgehead atoms. The molecule has 0 fully saturated rings. The van der Waals surface area contributed by atoms with Crippen molar-refractivity contribution in [3.8, 4) is 0 Å². The van der Waals surface area contributed by atoms with Gasteiger partial charge in [0.2, 0.25) is 0 Å². The highest BCUT2D eigenvalue weighted by atomic mass is 32.2. The van der Waals surface area contributed by atoms with Gasteiger partial charge in [0.15, 0.2) is 0 Å². The predicted octanol–water partition coefficient (Wildman–Crippen LogP) is 2.27. The molecule has 1 unspecified atom stereocenters. The first-order chi connectivity index (χ1) is 10.1. The lowest BCUT2D eigenvalue weighted by molar-refractivity contribution is -0.142. The minimum atomic E-state index is -4.38. The standard InChI is InChI=1S/C12H14F3N5OS/c1-11(2,3)22(21)17-5-8-4-9-10(6-16-8)20(19-18-9)7-12(13,14)15/h4-6H,7H2,1-3H3. The van der Waals surface area contributed by atoms with Gasteiger partial charge in [-0.25, -0.2) is 4.68 Å². The zero-order valence-electron chi connectivity index (χ0n) is 12.1. The van der Waals surface area contributed by atoms with E-state index in [1.165, 1.54) is 18.5 Å². The van der Waals surface area contributed by atoms with Gasteiger partial charge in [-0.3, -0.25) is 4.98 Å². The maximum Gasteiger partial charge on any atom is 0.408 e. The second-order valence-corrected chi connectivity index (χ2v) is 7.49. The second-order valence-electron chi connectivity index (χ2n) is 5.56. The van der Waals surface area contributed by atoms with E-state index in [2.05, 4.69) is 19.7 Å². The van der Waals surface area contributed by atoms with Gasteiger partial charge in [-0.15, -0.1) is 5.10 Å². The van der Waals surface area contributed by atoms with E-state index in [0.29, 0.717) is 5.69 Å². The molecule has 2 aromatic rings. The SMILES string of the molecule is CC(C)(C)[S+]([O-])N=Cc1cc2nnn(CC(F)(F)F)c2cn1. The normalized spacial score (nSPS) is 14.9. The Balaban J connectivity index is 2.24. The molecule has 6 nitrogen and oxygen atoms in total.